The number of nitrogens with zero attached hydrogens (tertiary/aromatic N) is 1. The first kappa shape index (κ1) is 14.7. The molecular formula is C9H18N2O5. The van der Waals surface area contributed by atoms with Gasteiger partial charge in [0.25, 0.3) is 0 Å². The van der Waals surface area contributed by atoms with Crippen LogP contribution in [0.4, 0.5) is 4.79 Å². The lowest BCUT2D eigenvalue weighted by atomic mass is 10.3. The molecule has 0 fully saturated rings. The molecule has 0 aliphatic carbocycles. The van der Waals surface area contributed by atoms with Gasteiger partial charge in [0.2, 0.25) is 0 Å². The van der Waals surface area contributed by atoms with Gasteiger partial charge in [0, 0.05) is 19.7 Å². The number of amides is 2. The minimum absolute atomic E-state index is 0.0245. The third-order valence-corrected chi connectivity index (χ3v) is 1.78. The molecule has 0 aliphatic rings. The van der Waals surface area contributed by atoms with E-state index in [1.54, 1.807) is 0 Å². The fourth-order valence-electron chi connectivity index (χ4n) is 1.00. The number of aliphatic carboxylic acids is 1. The highest BCUT2D eigenvalue weighted by Crippen LogP contribution is 1.98. The predicted octanol–water partition coefficient (Wildman–Crippen LogP) is 0.0690. The number of carbonyl (C=O) groups is 2. The molecule has 0 bridgehead atoms. The van der Waals surface area contributed by atoms with Gasteiger partial charge in [-0.25, -0.2) is 15.1 Å². The minimum atomic E-state index is -1.15. The van der Waals surface area contributed by atoms with Crippen LogP contribution in [0.5, 0.6) is 0 Å². The number of methoxy groups -OCH3 is 1. The number of rotatable bonds is 7. The average molecular weight is 234 g/mol. The van der Waals surface area contributed by atoms with E-state index in [1.807, 2.05) is 13.8 Å². The van der Waals surface area contributed by atoms with Crippen LogP contribution in [0.25, 0.3) is 0 Å². The first-order valence-corrected chi connectivity index (χ1v) is 4.88. The number of carboxylic acids is 1. The van der Waals surface area contributed by atoms with Gasteiger partial charge in [0.05, 0.1) is 6.61 Å². The van der Waals surface area contributed by atoms with Gasteiger partial charge in [-0.3, -0.25) is 4.84 Å². The second kappa shape index (κ2) is 7.89. The van der Waals surface area contributed by atoms with Crippen LogP contribution in [-0.2, 0) is 14.4 Å². The van der Waals surface area contributed by atoms with Crippen molar-refractivity contribution in [2.45, 2.75) is 19.9 Å². The quantitative estimate of drug-likeness (QED) is 0.608. The molecule has 0 aromatic rings. The number of nitrogens with one attached hydrogen (secondary N) is 1. The van der Waals surface area contributed by atoms with Gasteiger partial charge in [-0.05, 0) is 13.8 Å². The Balaban J connectivity index is 4.01. The van der Waals surface area contributed by atoms with Crippen LogP contribution in [-0.4, -0.2) is 54.9 Å². The maximum Gasteiger partial charge on any atom is 0.341 e. The predicted molar refractivity (Wildman–Crippen MR) is 55.8 cm³/mol. The highest BCUT2D eigenvalue weighted by atomic mass is 16.7. The maximum atomic E-state index is 11.5. The summed E-state index contributed by atoms with van der Waals surface area (Å²) in [7, 11) is 1.54. The Kier molecular flexibility index (Phi) is 7.23. The van der Waals surface area contributed by atoms with E-state index >= 15 is 0 Å². The van der Waals surface area contributed by atoms with Crippen molar-refractivity contribution in [3.05, 3.63) is 0 Å². The summed E-state index contributed by atoms with van der Waals surface area (Å²) in [6.07, 6.45) is 0. The Hall–Kier alpha value is -1.34. The van der Waals surface area contributed by atoms with Crippen LogP contribution in [0.1, 0.15) is 13.8 Å². The second-order valence-electron chi connectivity index (χ2n) is 3.37. The van der Waals surface area contributed by atoms with E-state index in [4.69, 9.17) is 9.84 Å². The molecule has 7 nitrogen and oxygen atoms in total. The molecule has 0 aromatic heterocycles. The molecule has 0 spiro atoms. The second-order valence-corrected chi connectivity index (χ2v) is 3.37. The zero-order chi connectivity index (χ0) is 12.6. The summed E-state index contributed by atoms with van der Waals surface area (Å²) in [6, 6.07) is -0.503. The molecule has 0 atom stereocenters. The molecule has 7 heteroatoms. The number of hydrogen-bond donors (Lipinski definition) is 2. The molecule has 0 saturated heterocycles. The summed E-state index contributed by atoms with van der Waals surface area (Å²) in [6.45, 7) is 3.93. The number of carboxylic acid groups (broad SMARTS) is 1. The van der Waals surface area contributed by atoms with E-state index in [-0.39, 0.29) is 6.04 Å². The van der Waals surface area contributed by atoms with Crippen molar-refractivity contribution in [2.24, 2.45) is 0 Å². The highest BCUT2D eigenvalue weighted by molar-refractivity contribution is 5.74. The van der Waals surface area contributed by atoms with Gasteiger partial charge in [0.1, 0.15) is 0 Å². The van der Waals surface area contributed by atoms with Gasteiger partial charge in [0.15, 0.2) is 6.61 Å². The van der Waals surface area contributed by atoms with E-state index in [0.717, 1.165) is 0 Å². The highest BCUT2D eigenvalue weighted by Gasteiger charge is 2.16. The smallest absolute Gasteiger partial charge is 0.341 e. The zero-order valence-electron chi connectivity index (χ0n) is 9.73. The summed E-state index contributed by atoms with van der Waals surface area (Å²) in [5, 5.41) is 8.31. The molecule has 2 N–H and O–H groups in total. The number of carbonyl (C=O) groups excluding carboxylic acids is 1. The van der Waals surface area contributed by atoms with Crippen LogP contribution in [0, 0.1) is 0 Å². The summed E-state index contributed by atoms with van der Waals surface area (Å²) >= 11 is 0. The van der Waals surface area contributed by atoms with Crippen LogP contribution in [0.15, 0.2) is 0 Å². The molecule has 0 aliphatic heterocycles. The standard InChI is InChI=1S/C9H18N2O5/c1-7(2)11(4-5-15-3)9(14)10-16-6-8(12)13/h7H,4-6H2,1-3H3,(H,10,14)(H,12,13). The van der Waals surface area contributed by atoms with Gasteiger partial charge in [-0.1, -0.05) is 0 Å². The summed E-state index contributed by atoms with van der Waals surface area (Å²) in [4.78, 5) is 27.6. The summed E-state index contributed by atoms with van der Waals surface area (Å²) in [5.41, 5.74) is 2.05. The molecule has 0 aromatic carbocycles. The summed E-state index contributed by atoms with van der Waals surface area (Å²) < 4.78 is 4.86. The van der Waals surface area contributed by atoms with Crippen molar-refractivity contribution < 1.29 is 24.3 Å². The van der Waals surface area contributed by atoms with E-state index in [1.165, 1.54) is 12.0 Å². The third kappa shape index (κ3) is 6.20. The lowest BCUT2D eigenvalue weighted by Crippen LogP contribution is -2.45. The average Bonchev–Trinajstić information content (AvgIpc) is 2.17. The van der Waals surface area contributed by atoms with Crippen molar-refractivity contribution in [2.75, 3.05) is 26.9 Å². The zero-order valence-corrected chi connectivity index (χ0v) is 9.73. The largest absolute Gasteiger partial charge is 0.479 e. The minimum Gasteiger partial charge on any atom is -0.479 e. The van der Waals surface area contributed by atoms with Crippen molar-refractivity contribution in [1.82, 2.24) is 10.4 Å². The fraction of sp³-hybridized carbons (Fsp3) is 0.778. The summed E-state index contributed by atoms with van der Waals surface area (Å²) in [5.74, 6) is -1.15. The van der Waals surface area contributed by atoms with Gasteiger partial charge < -0.3 is 14.7 Å². The van der Waals surface area contributed by atoms with Crippen molar-refractivity contribution in [3.63, 3.8) is 0 Å². The molecular weight excluding hydrogens is 216 g/mol. The third-order valence-electron chi connectivity index (χ3n) is 1.78. The number of hydroxylamine groups is 1. The van der Waals surface area contributed by atoms with Gasteiger partial charge in [-0.15, -0.1) is 0 Å². The maximum absolute atomic E-state index is 11.5. The lowest BCUT2D eigenvalue weighted by molar-refractivity contribution is -0.144. The van der Waals surface area contributed by atoms with Crippen molar-refractivity contribution >= 4 is 12.0 Å². The monoisotopic (exact) mass is 234 g/mol. The SMILES string of the molecule is COCCN(C(=O)NOCC(=O)O)C(C)C. The Morgan fingerprint density at radius 3 is 2.50 bits per heavy atom. The fourth-order valence-corrected chi connectivity index (χ4v) is 1.00. The van der Waals surface area contributed by atoms with Crippen LogP contribution >= 0.6 is 0 Å². The van der Waals surface area contributed by atoms with Crippen molar-refractivity contribution in [3.8, 4) is 0 Å². The first-order valence-electron chi connectivity index (χ1n) is 4.88. The molecule has 16 heavy (non-hydrogen) atoms. The van der Waals surface area contributed by atoms with E-state index in [2.05, 4.69) is 10.3 Å². The molecule has 0 saturated carbocycles. The Labute approximate surface area is 94.3 Å². The molecule has 0 unspecified atom stereocenters. The first-order chi connectivity index (χ1) is 7.49. The van der Waals surface area contributed by atoms with Crippen LogP contribution < -0.4 is 5.48 Å². The lowest BCUT2D eigenvalue weighted by Gasteiger charge is -2.26. The van der Waals surface area contributed by atoms with Crippen LogP contribution in [0.2, 0.25) is 0 Å². The molecule has 0 rings (SSSR count). The molecule has 2 amide bonds. The number of ether oxygens (including phenoxy) is 1. The van der Waals surface area contributed by atoms with E-state index in [0.29, 0.717) is 13.2 Å². The van der Waals surface area contributed by atoms with Crippen LogP contribution in [0.3, 0.4) is 0 Å². The molecule has 0 radical (unpaired) electrons. The van der Waals surface area contributed by atoms with E-state index < -0.39 is 18.6 Å². The number of urea groups is 1. The van der Waals surface area contributed by atoms with Gasteiger partial charge >= 0.3 is 12.0 Å². The topological polar surface area (TPSA) is 88.1 Å². The number of hydrogen-bond acceptors (Lipinski definition) is 4. The van der Waals surface area contributed by atoms with Crippen molar-refractivity contribution in [1.29, 1.82) is 0 Å². The normalized spacial score (nSPS) is 10.2. The molecule has 0 heterocycles. The Bertz CT molecular complexity index is 232. The van der Waals surface area contributed by atoms with E-state index in [9.17, 15) is 9.59 Å². The Morgan fingerprint density at radius 2 is 2.06 bits per heavy atom. The van der Waals surface area contributed by atoms with Gasteiger partial charge in [-0.2, -0.15) is 0 Å². The Morgan fingerprint density at radius 1 is 1.44 bits per heavy atom. The molecule has 94 valence electrons.